The van der Waals surface area contributed by atoms with Crippen LogP contribution >= 0.6 is 0 Å². The summed E-state index contributed by atoms with van der Waals surface area (Å²) in [5.74, 6) is 1.97. The number of nitrogens with two attached hydrogens (primary N) is 2. The predicted octanol–water partition coefficient (Wildman–Crippen LogP) is 2.39. The molecule has 1 aromatic carbocycles. The summed E-state index contributed by atoms with van der Waals surface area (Å²) in [6, 6.07) is 6.65. The number of anilines is 2. The molecule has 4 rings (SSSR count). The smallest absolute Gasteiger partial charge is 0.350 e. The quantitative estimate of drug-likeness (QED) is 0.259. The van der Waals surface area contributed by atoms with E-state index in [9.17, 15) is 4.79 Å². The van der Waals surface area contributed by atoms with Crippen molar-refractivity contribution in [1.29, 1.82) is 0 Å². The minimum atomic E-state index is -0.237. The van der Waals surface area contributed by atoms with Gasteiger partial charge in [0.25, 0.3) is 0 Å². The Kier molecular flexibility index (Phi) is 6.41. The van der Waals surface area contributed by atoms with Crippen molar-refractivity contribution in [2.24, 2.45) is 16.5 Å². The molecule has 1 aliphatic heterocycles. The number of ether oxygens (including phenoxy) is 1. The summed E-state index contributed by atoms with van der Waals surface area (Å²) >= 11 is 0. The van der Waals surface area contributed by atoms with Crippen LogP contribution in [-0.4, -0.2) is 34.6 Å². The van der Waals surface area contributed by atoms with Gasteiger partial charge in [-0.25, -0.2) is 4.79 Å². The van der Waals surface area contributed by atoms with Gasteiger partial charge >= 0.3 is 5.69 Å². The highest BCUT2D eigenvalue weighted by molar-refractivity contribution is 5.75. The molecule has 1 saturated carbocycles. The van der Waals surface area contributed by atoms with Crippen molar-refractivity contribution in [3.63, 3.8) is 0 Å². The van der Waals surface area contributed by atoms with Gasteiger partial charge in [0.05, 0.1) is 11.9 Å². The fourth-order valence-corrected chi connectivity index (χ4v) is 4.26. The van der Waals surface area contributed by atoms with Crippen LogP contribution in [0.5, 0.6) is 11.5 Å². The topological polar surface area (TPSA) is 133 Å². The number of nitrogens with zero attached hydrogens (tertiary/aromatic N) is 3. The third-order valence-electron chi connectivity index (χ3n) is 6.00. The van der Waals surface area contributed by atoms with E-state index in [-0.39, 0.29) is 17.7 Å². The number of benzene rings is 1. The molecule has 0 amide bonds. The molecule has 9 nitrogen and oxygen atoms in total. The number of aromatic nitrogens is 2. The van der Waals surface area contributed by atoms with Crippen LogP contribution in [0, 0.1) is 0 Å². The Hall–Kier alpha value is -3.07. The summed E-state index contributed by atoms with van der Waals surface area (Å²) in [5.41, 5.74) is 12.5. The summed E-state index contributed by atoms with van der Waals surface area (Å²) in [5, 5.41) is 6.81. The molecule has 1 aliphatic carbocycles. The molecule has 9 heteroatoms. The van der Waals surface area contributed by atoms with E-state index in [0.29, 0.717) is 24.2 Å². The molecule has 1 aromatic heterocycles. The van der Waals surface area contributed by atoms with Crippen LogP contribution in [0.15, 0.2) is 34.2 Å². The van der Waals surface area contributed by atoms with Gasteiger partial charge in [-0.1, -0.05) is 13.0 Å². The standard InChI is InChI=1S/C22H31N7O2/c1-2-14-4-9-18-17(12-14)27-20-19(31-18)13-29(22(30)28-20)16-7-5-15(6-8-16)25-10-3-11-26-21(23)24/h4,9,12-13,15-16,25H,2-3,5-8,10-11H2,1H3,(H4,23,24,26)(H,27,28,30). The Labute approximate surface area is 181 Å². The van der Waals surface area contributed by atoms with E-state index >= 15 is 0 Å². The van der Waals surface area contributed by atoms with Crippen molar-refractivity contribution < 1.29 is 4.74 Å². The van der Waals surface area contributed by atoms with Crippen LogP contribution in [0.1, 0.15) is 50.6 Å². The van der Waals surface area contributed by atoms with Gasteiger partial charge < -0.3 is 26.8 Å². The van der Waals surface area contributed by atoms with Crippen molar-refractivity contribution in [2.75, 3.05) is 18.4 Å². The van der Waals surface area contributed by atoms with E-state index in [4.69, 9.17) is 16.2 Å². The summed E-state index contributed by atoms with van der Waals surface area (Å²) < 4.78 is 7.79. The van der Waals surface area contributed by atoms with E-state index < -0.39 is 0 Å². The highest BCUT2D eigenvalue weighted by Gasteiger charge is 2.26. The summed E-state index contributed by atoms with van der Waals surface area (Å²) in [4.78, 5) is 21.0. The number of fused-ring (bicyclic) bond motifs is 2. The Morgan fingerprint density at radius 1 is 1.29 bits per heavy atom. The zero-order chi connectivity index (χ0) is 21.8. The monoisotopic (exact) mass is 425 g/mol. The van der Waals surface area contributed by atoms with Gasteiger partial charge in [0, 0.05) is 18.6 Å². The molecule has 2 aromatic rings. The average molecular weight is 426 g/mol. The molecule has 0 unspecified atom stereocenters. The third kappa shape index (κ3) is 4.99. The van der Waals surface area contributed by atoms with Gasteiger partial charge in [0.15, 0.2) is 23.3 Å². The molecule has 166 valence electrons. The second kappa shape index (κ2) is 9.38. The van der Waals surface area contributed by atoms with Crippen LogP contribution in [0.2, 0.25) is 0 Å². The van der Waals surface area contributed by atoms with E-state index in [1.54, 1.807) is 4.57 Å². The maximum absolute atomic E-state index is 12.7. The number of nitrogens with one attached hydrogen (secondary N) is 2. The van der Waals surface area contributed by atoms with Gasteiger partial charge in [-0.15, -0.1) is 0 Å². The van der Waals surface area contributed by atoms with Crippen LogP contribution in [-0.2, 0) is 6.42 Å². The molecule has 1 fully saturated rings. The molecule has 0 spiro atoms. The fourth-order valence-electron chi connectivity index (χ4n) is 4.26. The Morgan fingerprint density at radius 3 is 2.84 bits per heavy atom. The van der Waals surface area contributed by atoms with Crippen molar-refractivity contribution in [3.05, 3.63) is 40.4 Å². The lowest BCUT2D eigenvalue weighted by Crippen LogP contribution is -2.37. The van der Waals surface area contributed by atoms with Crippen LogP contribution < -0.4 is 32.5 Å². The first-order valence-electron chi connectivity index (χ1n) is 11.0. The normalized spacial score (nSPS) is 19.5. The lowest BCUT2D eigenvalue weighted by molar-refractivity contribution is 0.283. The molecule has 2 heterocycles. The first-order chi connectivity index (χ1) is 15.0. The predicted molar refractivity (Wildman–Crippen MR) is 122 cm³/mol. The molecular weight excluding hydrogens is 394 g/mol. The first kappa shape index (κ1) is 21.2. The highest BCUT2D eigenvalue weighted by atomic mass is 16.5. The van der Waals surface area contributed by atoms with Crippen LogP contribution in [0.25, 0.3) is 0 Å². The number of hydrogen-bond acceptors (Lipinski definition) is 6. The maximum atomic E-state index is 12.7. The number of hydrogen-bond donors (Lipinski definition) is 4. The van der Waals surface area contributed by atoms with E-state index in [1.807, 2.05) is 18.3 Å². The van der Waals surface area contributed by atoms with Gasteiger partial charge in [-0.3, -0.25) is 9.56 Å². The minimum Gasteiger partial charge on any atom is -0.450 e. The zero-order valence-corrected chi connectivity index (χ0v) is 17.9. The molecule has 0 bridgehead atoms. The van der Waals surface area contributed by atoms with Gasteiger partial charge in [-0.2, -0.15) is 4.98 Å². The lowest BCUT2D eigenvalue weighted by Gasteiger charge is -2.31. The lowest BCUT2D eigenvalue weighted by atomic mass is 9.91. The molecule has 0 atom stereocenters. The maximum Gasteiger partial charge on any atom is 0.350 e. The third-order valence-corrected chi connectivity index (χ3v) is 6.00. The second-order valence-corrected chi connectivity index (χ2v) is 8.17. The summed E-state index contributed by atoms with van der Waals surface area (Å²) in [6.07, 6.45) is 7.52. The Balaban J connectivity index is 1.36. The zero-order valence-electron chi connectivity index (χ0n) is 17.9. The first-order valence-corrected chi connectivity index (χ1v) is 11.0. The molecule has 6 N–H and O–H groups in total. The average Bonchev–Trinajstić information content (AvgIpc) is 2.77. The second-order valence-electron chi connectivity index (χ2n) is 8.17. The minimum absolute atomic E-state index is 0.137. The van der Waals surface area contributed by atoms with E-state index in [1.165, 1.54) is 5.56 Å². The van der Waals surface area contributed by atoms with Gasteiger partial charge in [-0.05, 0) is 62.8 Å². The highest BCUT2D eigenvalue weighted by Crippen LogP contribution is 2.41. The van der Waals surface area contributed by atoms with E-state index in [2.05, 4.69) is 33.6 Å². The number of guanidine groups is 1. The number of aryl methyl sites for hydroxylation is 1. The summed E-state index contributed by atoms with van der Waals surface area (Å²) in [7, 11) is 0. The Morgan fingerprint density at radius 2 is 2.10 bits per heavy atom. The van der Waals surface area contributed by atoms with Crippen molar-refractivity contribution in [1.82, 2.24) is 14.9 Å². The molecular formula is C22H31N7O2. The van der Waals surface area contributed by atoms with Crippen molar-refractivity contribution in [2.45, 2.75) is 57.5 Å². The van der Waals surface area contributed by atoms with Crippen molar-refractivity contribution >= 4 is 17.5 Å². The number of aliphatic imine (C=N–C) groups is 1. The number of rotatable bonds is 7. The van der Waals surface area contributed by atoms with Gasteiger partial charge in [0.1, 0.15) is 0 Å². The molecule has 0 saturated heterocycles. The van der Waals surface area contributed by atoms with Crippen LogP contribution in [0.4, 0.5) is 11.5 Å². The SMILES string of the molecule is CCc1ccc2c(c1)Nc1nc(=O)n(C3CCC(NCCCN=C(N)N)CC3)cc1O2. The summed E-state index contributed by atoms with van der Waals surface area (Å²) in [6.45, 7) is 3.62. The largest absolute Gasteiger partial charge is 0.450 e. The molecule has 31 heavy (non-hydrogen) atoms. The van der Waals surface area contributed by atoms with E-state index in [0.717, 1.165) is 56.5 Å². The van der Waals surface area contributed by atoms with Crippen molar-refractivity contribution in [3.8, 4) is 11.5 Å². The fraction of sp³-hybridized carbons (Fsp3) is 0.500. The molecule has 0 radical (unpaired) electrons. The molecule has 2 aliphatic rings. The van der Waals surface area contributed by atoms with Crippen LogP contribution in [0.3, 0.4) is 0 Å². The Bertz CT molecular complexity index is 1010. The van der Waals surface area contributed by atoms with Gasteiger partial charge in [0.2, 0.25) is 0 Å².